The third-order valence-corrected chi connectivity index (χ3v) is 5.67. The normalized spacial score (nSPS) is 11.2. The van der Waals surface area contributed by atoms with Gasteiger partial charge in [0.25, 0.3) is 0 Å². The number of hydrogen-bond donors (Lipinski definition) is 1. The molecule has 0 atom stereocenters. The van der Waals surface area contributed by atoms with E-state index >= 15 is 0 Å². The standard InChI is InChI=1S/C16H19N3S2/c1-4-13-18-15(17-8-7-12-6-5-9-20-12)14-10(2)11(3)21-16(14)19-13/h5-6,9H,4,7-8H2,1-3H3,(H,17,18,19). The highest BCUT2D eigenvalue weighted by molar-refractivity contribution is 7.18. The Morgan fingerprint density at radius 3 is 2.81 bits per heavy atom. The van der Waals surface area contributed by atoms with Gasteiger partial charge in [-0.05, 0) is 37.3 Å². The minimum Gasteiger partial charge on any atom is -0.369 e. The summed E-state index contributed by atoms with van der Waals surface area (Å²) in [7, 11) is 0. The second kappa shape index (κ2) is 6.12. The van der Waals surface area contributed by atoms with Gasteiger partial charge in [0, 0.05) is 22.7 Å². The molecule has 0 bridgehead atoms. The van der Waals surface area contributed by atoms with Crippen LogP contribution in [-0.4, -0.2) is 16.5 Å². The van der Waals surface area contributed by atoms with Crippen LogP contribution in [0.25, 0.3) is 10.2 Å². The predicted molar refractivity (Wildman–Crippen MR) is 92.8 cm³/mol. The van der Waals surface area contributed by atoms with Gasteiger partial charge in [-0.3, -0.25) is 0 Å². The van der Waals surface area contributed by atoms with Crippen LogP contribution in [0.15, 0.2) is 17.5 Å². The number of anilines is 1. The topological polar surface area (TPSA) is 37.8 Å². The van der Waals surface area contributed by atoms with Gasteiger partial charge in [0.1, 0.15) is 16.5 Å². The van der Waals surface area contributed by atoms with Gasteiger partial charge in [-0.15, -0.1) is 22.7 Å². The van der Waals surface area contributed by atoms with E-state index in [-0.39, 0.29) is 0 Å². The van der Waals surface area contributed by atoms with Crippen LogP contribution in [0, 0.1) is 13.8 Å². The van der Waals surface area contributed by atoms with Gasteiger partial charge < -0.3 is 5.32 Å². The zero-order chi connectivity index (χ0) is 14.8. The Hall–Kier alpha value is -1.46. The van der Waals surface area contributed by atoms with E-state index in [0.717, 1.165) is 35.9 Å². The van der Waals surface area contributed by atoms with Crippen molar-refractivity contribution in [2.45, 2.75) is 33.6 Å². The molecule has 0 amide bonds. The quantitative estimate of drug-likeness (QED) is 0.748. The number of nitrogens with one attached hydrogen (secondary N) is 1. The van der Waals surface area contributed by atoms with Crippen molar-refractivity contribution >= 4 is 38.7 Å². The van der Waals surface area contributed by atoms with Crippen LogP contribution < -0.4 is 5.32 Å². The van der Waals surface area contributed by atoms with Crippen molar-refractivity contribution < 1.29 is 0 Å². The van der Waals surface area contributed by atoms with Crippen molar-refractivity contribution in [3.05, 3.63) is 38.7 Å². The number of thiophene rings is 2. The summed E-state index contributed by atoms with van der Waals surface area (Å²) in [5.74, 6) is 1.91. The molecule has 0 spiro atoms. The van der Waals surface area contributed by atoms with Crippen LogP contribution in [-0.2, 0) is 12.8 Å². The zero-order valence-corrected chi connectivity index (χ0v) is 14.2. The van der Waals surface area contributed by atoms with Crippen LogP contribution in [0.1, 0.15) is 28.1 Å². The van der Waals surface area contributed by atoms with Crippen molar-refractivity contribution in [3.63, 3.8) is 0 Å². The summed E-state index contributed by atoms with van der Waals surface area (Å²) in [4.78, 5) is 13.2. The summed E-state index contributed by atoms with van der Waals surface area (Å²) in [6.07, 6.45) is 1.90. The van der Waals surface area contributed by atoms with E-state index in [1.165, 1.54) is 20.7 Å². The van der Waals surface area contributed by atoms with Gasteiger partial charge in [-0.25, -0.2) is 9.97 Å². The molecule has 110 valence electrons. The lowest BCUT2D eigenvalue weighted by Crippen LogP contribution is -2.08. The van der Waals surface area contributed by atoms with Crippen molar-refractivity contribution in [3.8, 4) is 0 Å². The third-order valence-electron chi connectivity index (χ3n) is 3.64. The largest absolute Gasteiger partial charge is 0.369 e. The molecule has 0 saturated carbocycles. The van der Waals surface area contributed by atoms with Crippen LogP contribution in [0.3, 0.4) is 0 Å². The molecule has 0 aliphatic carbocycles. The Morgan fingerprint density at radius 2 is 2.10 bits per heavy atom. The van der Waals surface area contributed by atoms with Crippen molar-refractivity contribution in [2.75, 3.05) is 11.9 Å². The van der Waals surface area contributed by atoms with Gasteiger partial charge >= 0.3 is 0 Å². The Kier molecular flexibility index (Phi) is 4.22. The molecule has 0 saturated heterocycles. The summed E-state index contributed by atoms with van der Waals surface area (Å²) in [6.45, 7) is 7.32. The molecule has 3 heterocycles. The SMILES string of the molecule is CCc1nc(NCCc2cccs2)c2c(C)c(C)sc2n1. The zero-order valence-electron chi connectivity index (χ0n) is 12.6. The van der Waals surface area contributed by atoms with Crippen molar-refractivity contribution in [2.24, 2.45) is 0 Å². The van der Waals surface area contributed by atoms with Crippen LogP contribution in [0.4, 0.5) is 5.82 Å². The maximum absolute atomic E-state index is 4.70. The monoisotopic (exact) mass is 317 g/mol. The van der Waals surface area contributed by atoms with E-state index in [9.17, 15) is 0 Å². The highest BCUT2D eigenvalue weighted by atomic mass is 32.1. The first-order valence-corrected chi connectivity index (χ1v) is 8.91. The van der Waals surface area contributed by atoms with Gasteiger partial charge in [0.15, 0.2) is 0 Å². The molecule has 1 N–H and O–H groups in total. The summed E-state index contributed by atoms with van der Waals surface area (Å²) >= 11 is 3.57. The average Bonchev–Trinajstić information content (AvgIpc) is 3.08. The third kappa shape index (κ3) is 2.94. The number of nitrogens with zero attached hydrogens (tertiary/aromatic N) is 2. The van der Waals surface area contributed by atoms with Gasteiger partial charge in [-0.1, -0.05) is 13.0 Å². The molecular weight excluding hydrogens is 298 g/mol. The lowest BCUT2D eigenvalue weighted by Gasteiger charge is -2.08. The molecule has 0 radical (unpaired) electrons. The molecule has 0 unspecified atom stereocenters. The highest BCUT2D eigenvalue weighted by Crippen LogP contribution is 2.33. The van der Waals surface area contributed by atoms with E-state index in [1.54, 1.807) is 22.7 Å². The Balaban J connectivity index is 1.88. The van der Waals surface area contributed by atoms with E-state index in [2.05, 4.69) is 48.6 Å². The van der Waals surface area contributed by atoms with E-state index in [0.29, 0.717) is 0 Å². The first-order chi connectivity index (χ1) is 10.2. The minimum atomic E-state index is 0.867. The molecule has 0 fully saturated rings. The molecule has 0 aliphatic heterocycles. The Bertz CT molecular complexity index is 745. The highest BCUT2D eigenvalue weighted by Gasteiger charge is 2.13. The number of aromatic nitrogens is 2. The van der Waals surface area contributed by atoms with E-state index in [1.807, 2.05) is 0 Å². The molecule has 0 aromatic carbocycles. The summed E-state index contributed by atoms with van der Waals surface area (Å²) in [5, 5.41) is 6.84. The smallest absolute Gasteiger partial charge is 0.138 e. The lowest BCUT2D eigenvalue weighted by atomic mass is 10.2. The van der Waals surface area contributed by atoms with Crippen LogP contribution in [0.2, 0.25) is 0 Å². The van der Waals surface area contributed by atoms with Crippen LogP contribution >= 0.6 is 22.7 Å². The maximum Gasteiger partial charge on any atom is 0.138 e. The molecule has 21 heavy (non-hydrogen) atoms. The lowest BCUT2D eigenvalue weighted by molar-refractivity contribution is 0.949. The van der Waals surface area contributed by atoms with Crippen molar-refractivity contribution in [1.82, 2.24) is 9.97 Å². The number of hydrogen-bond acceptors (Lipinski definition) is 5. The summed E-state index contributed by atoms with van der Waals surface area (Å²) < 4.78 is 0. The fraction of sp³-hybridized carbons (Fsp3) is 0.375. The molecule has 0 aliphatic rings. The number of rotatable bonds is 5. The maximum atomic E-state index is 4.70. The summed E-state index contributed by atoms with van der Waals surface area (Å²) in [6, 6.07) is 4.28. The van der Waals surface area contributed by atoms with Crippen molar-refractivity contribution in [1.29, 1.82) is 0 Å². The molecule has 5 heteroatoms. The average molecular weight is 317 g/mol. The van der Waals surface area contributed by atoms with E-state index < -0.39 is 0 Å². The van der Waals surface area contributed by atoms with Gasteiger partial charge in [0.2, 0.25) is 0 Å². The Morgan fingerprint density at radius 1 is 1.24 bits per heavy atom. The van der Waals surface area contributed by atoms with Gasteiger partial charge in [-0.2, -0.15) is 0 Å². The second-order valence-corrected chi connectivity index (χ2v) is 7.30. The molecule has 3 aromatic heterocycles. The Labute approximate surface area is 133 Å². The molecular formula is C16H19N3S2. The molecule has 3 aromatic rings. The first kappa shape index (κ1) is 14.5. The fourth-order valence-electron chi connectivity index (χ4n) is 2.34. The first-order valence-electron chi connectivity index (χ1n) is 7.22. The number of fused-ring (bicyclic) bond motifs is 1. The van der Waals surface area contributed by atoms with Gasteiger partial charge in [0.05, 0.1) is 5.39 Å². The molecule has 3 nitrogen and oxygen atoms in total. The molecule has 3 rings (SSSR count). The number of aryl methyl sites for hydroxylation is 3. The fourth-order valence-corrected chi connectivity index (χ4v) is 4.10. The second-order valence-electron chi connectivity index (χ2n) is 5.06. The van der Waals surface area contributed by atoms with E-state index in [4.69, 9.17) is 4.98 Å². The summed E-state index contributed by atoms with van der Waals surface area (Å²) in [5.41, 5.74) is 1.30. The van der Waals surface area contributed by atoms with Crippen LogP contribution in [0.5, 0.6) is 0 Å². The predicted octanol–water partition coefficient (Wildman–Crippen LogP) is 4.59. The minimum absolute atomic E-state index is 0.867.